The fourth-order valence-electron chi connectivity index (χ4n) is 1.51. The summed E-state index contributed by atoms with van der Waals surface area (Å²) in [5.41, 5.74) is 0. The second-order valence-corrected chi connectivity index (χ2v) is 3.93. The molecule has 0 aliphatic heterocycles. The van der Waals surface area contributed by atoms with Crippen LogP contribution in [0.1, 0.15) is 24.4 Å². The highest BCUT2D eigenvalue weighted by Crippen LogP contribution is 2.09. The standard InChI is InChI=1S/C12H19NO3/c1-10-6-7-11(16-10)9-13(2)8-4-5-12(14)15-3/h6-7H,4-5,8-9H2,1-3H3. The molecule has 0 spiro atoms. The van der Waals surface area contributed by atoms with E-state index in [1.165, 1.54) is 7.11 Å². The van der Waals surface area contributed by atoms with Gasteiger partial charge < -0.3 is 9.15 Å². The van der Waals surface area contributed by atoms with E-state index in [0.717, 1.165) is 31.0 Å². The number of furan rings is 1. The Kier molecular flexibility index (Phi) is 5.05. The normalized spacial score (nSPS) is 10.8. The lowest BCUT2D eigenvalue weighted by molar-refractivity contribution is -0.140. The molecule has 4 heteroatoms. The van der Waals surface area contributed by atoms with Gasteiger partial charge in [-0.15, -0.1) is 0 Å². The van der Waals surface area contributed by atoms with E-state index >= 15 is 0 Å². The lowest BCUT2D eigenvalue weighted by Gasteiger charge is -2.14. The molecule has 0 saturated heterocycles. The van der Waals surface area contributed by atoms with E-state index in [2.05, 4.69) is 9.64 Å². The smallest absolute Gasteiger partial charge is 0.305 e. The van der Waals surface area contributed by atoms with Crippen LogP contribution in [0, 0.1) is 6.92 Å². The van der Waals surface area contributed by atoms with Crippen LogP contribution in [0.3, 0.4) is 0 Å². The number of hydrogen-bond acceptors (Lipinski definition) is 4. The summed E-state index contributed by atoms with van der Waals surface area (Å²) in [7, 11) is 3.42. The van der Waals surface area contributed by atoms with E-state index in [4.69, 9.17) is 4.42 Å². The van der Waals surface area contributed by atoms with E-state index in [1.54, 1.807) is 0 Å². The Morgan fingerprint density at radius 2 is 2.25 bits per heavy atom. The Labute approximate surface area is 96.2 Å². The Morgan fingerprint density at radius 3 is 2.81 bits per heavy atom. The van der Waals surface area contributed by atoms with Crippen LogP contribution in [0.2, 0.25) is 0 Å². The summed E-state index contributed by atoms with van der Waals surface area (Å²) in [6, 6.07) is 3.93. The first-order valence-electron chi connectivity index (χ1n) is 5.42. The number of nitrogens with zero attached hydrogens (tertiary/aromatic N) is 1. The summed E-state index contributed by atoms with van der Waals surface area (Å²) in [4.78, 5) is 13.0. The predicted molar refractivity (Wildman–Crippen MR) is 61.0 cm³/mol. The summed E-state index contributed by atoms with van der Waals surface area (Å²) in [6.45, 7) is 3.56. The molecule has 0 N–H and O–H groups in total. The molecule has 0 bridgehead atoms. The molecule has 0 radical (unpaired) electrons. The average molecular weight is 225 g/mol. The van der Waals surface area contributed by atoms with Gasteiger partial charge in [-0.25, -0.2) is 0 Å². The maximum absolute atomic E-state index is 10.9. The third-order valence-electron chi connectivity index (χ3n) is 2.37. The number of carbonyl (C=O) groups excluding carboxylic acids is 1. The van der Waals surface area contributed by atoms with E-state index < -0.39 is 0 Å². The molecule has 4 nitrogen and oxygen atoms in total. The van der Waals surface area contributed by atoms with Crippen LogP contribution in [0.25, 0.3) is 0 Å². The minimum absolute atomic E-state index is 0.151. The molecule has 0 aliphatic carbocycles. The fourth-order valence-corrected chi connectivity index (χ4v) is 1.51. The number of aryl methyl sites for hydroxylation is 1. The van der Waals surface area contributed by atoms with Crippen molar-refractivity contribution in [1.29, 1.82) is 0 Å². The minimum atomic E-state index is -0.151. The zero-order valence-corrected chi connectivity index (χ0v) is 10.2. The summed E-state index contributed by atoms with van der Waals surface area (Å²) >= 11 is 0. The molecule has 0 aromatic carbocycles. The van der Waals surface area contributed by atoms with Gasteiger partial charge in [-0.05, 0) is 39.1 Å². The summed E-state index contributed by atoms with van der Waals surface area (Å²) in [5, 5.41) is 0. The van der Waals surface area contributed by atoms with Gasteiger partial charge in [0.25, 0.3) is 0 Å². The Bertz CT molecular complexity index is 333. The van der Waals surface area contributed by atoms with Crippen molar-refractivity contribution in [2.24, 2.45) is 0 Å². The first kappa shape index (κ1) is 12.8. The Morgan fingerprint density at radius 1 is 1.50 bits per heavy atom. The first-order valence-corrected chi connectivity index (χ1v) is 5.42. The minimum Gasteiger partial charge on any atom is -0.469 e. The van der Waals surface area contributed by atoms with Crippen LogP contribution in [0.5, 0.6) is 0 Å². The number of methoxy groups -OCH3 is 1. The molecule has 0 unspecified atom stereocenters. The van der Waals surface area contributed by atoms with E-state index in [1.807, 2.05) is 26.1 Å². The van der Waals surface area contributed by atoms with Crippen molar-refractivity contribution in [3.8, 4) is 0 Å². The number of hydrogen-bond donors (Lipinski definition) is 0. The number of carbonyl (C=O) groups is 1. The van der Waals surface area contributed by atoms with Crippen molar-refractivity contribution >= 4 is 5.97 Å². The zero-order chi connectivity index (χ0) is 12.0. The van der Waals surface area contributed by atoms with Crippen LogP contribution in [-0.2, 0) is 16.1 Å². The van der Waals surface area contributed by atoms with Gasteiger partial charge in [0.15, 0.2) is 0 Å². The van der Waals surface area contributed by atoms with Gasteiger partial charge in [-0.3, -0.25) is 9.69 Å². The molecule has 1 aromatic heterocycles. The Balaban J connectivity index is 2.20. The molecular weight excluding hydrogens is 206 g/mol. The van der Waals surface area contributed by atoms with E-state index in [9.17, 15) is 4.79 Å². The van der Waals surface area contributed by atoms with E-state index in [-0.39, 0.29) is 5.97 Å². The van der Waals surface area contributed by atoms with Crippen molar-refractivity contribution in [3.63, 3.8) is 0 Å². The largest absolute Gasteiger partial charge is 0.469 e. The second kappa shape index (κ2) is 6.33. The molecule has 1 heterocycles. The van der Waals surface area contributed by atoms with Gasteiger partial charge >= 0.3 is 5.97 Å². The lowest BCUT2D eigenvalue weighted by atomic mass is 10.3. The van der Waals surface area contributed by atoms with Crippen LogP contribution in [-0.4, -0.2) is 31.6 Å². The first-order chi connectivity index (χ1) is 7.61. The van der Waals surface area contributed by atoms with Crippen LogP contribution >= 0.6 is 0 Å². The second-order valence-electron chi connectivity index (χ2n) is 3.93. The maximum Gasteiger partial charge on any atom is 0.305 e. The molecule has 0 saturated carbocycles. The van der Waals surface area contributed by atoms with Crippen molar-refractivity contribution in [2.45, 2.75) is 26.3 Å². The van der Waals surface area contributed by atoms with Gasteiger partial charge in [0.2, 0.25) is 0 Å². The molecule has 0 amide bonds. The van der Waals surface area contributed by atoms with Crippen LogP contribution < -0.4 is 0 Å². The average Bonchev–Trinajstić information content (AvgIpc) is 2.63. The number of esters is 1. The van der Waals surface area contributed by atoms with Gasteiger partial charge in [0.05, 0.1) is 13.7 Å². The maximum atomic E-state index is 10.9. The molecule has 1 rings (SSSR count). The highest BCUT2D eigenvalue weighted by Gasteiger charge is 2.05. The number of ether oxygens (including phenoxy) is 1. The highest BCUT2D eigenvalue weighted by atomic mass is 16.5. The topological polar surface area (TPSA) is 42.7 Å². The van der Waals surface area contributed by atoms with Crippen molar-refractivity contribution in [1.82, 2.24) is 4.90 Å². The molecular formula is C12H19NO3. The fraction of sp³-hybridized carbons (Fsp3) is 0.583. The summed E-state index contributed by atoms with van der Waals surface area (Å²) in [5.74, 6) is 1.73. The molecule has 16 heavy (non-hydrogen) atoms. The third-order valence-corrected chi connectivity index (χ3v) is 2.37. The molecule has 0 atom stereocenters. The van der Waals surface area contributed by atoms with Crippen molar-refractivity contribution in [2.75, 3.05) is 20.7 Å². The molecule has 1 aromatic rings. The molecule has 90 valence electrons. The van der Waals surface area contributed by atoms with Crippen LogP contribution in [0.15, 0.2) is 16.5 Å². The monoisotopic (exact) mass is 225 g/mol. The summed E-state index contributed by atoms with van der Waals surface area (Å²) in [6.07, 6.45) is 1.28. The lowest BCUT2D eigenvalue weighted by Crippen LogP contribution is -2.19. The van der Waals surface area contributed by atoms with Gasteiger partial charge in [0.1, 0.15) is 11.5 Å². The molecule has 0 aliphatic rings. The quantitative estimate of drug-likeness (QED) is 0.694. The summed E-state index contributed by atoms with van der Waals surface area (Å²) < 4.78 is 10.0. The third kappa shape index (κ3) is 4.49. The number of rotatable bonds is 6. The van der Waals surface area contributed by atoms with Gasteiger partial charge in [-0.2, -0.15) is 0 Å². The predicted octanol–water partition coefficient (Wildman–Crippen LogP) is 1.97. The van der Waals surface area contributed by atoms with E-state index in [0.29, 0.717) is 6.42 Å². The van der Waals surface area contributed by atoms with Gasteiger partial charge in [0, 0.05) is 6.42 Å². The zero-order valence-electron chi connectivity index (χ0n) is 10.2. The van der Waals surface area contributed by atoms with Crippen molar-refractivity contribution < 1.29 is 13.9 Å². The highest BCUT2D eigenvalue weighted by molar-refractivity contribution is 5.69. The van der Waals surface area contributed by atoms with Gasteiger partial charge in [-0.1, -0.05) is 0 Å². The van der Waals surface area contributed by atoms with Crippen molar-refractivity contribution in [3.05, 3.63) is 23.7 Å². The molecule has 0 fully saturated rings. The SMILES string of the molecule is COC(=O)CCCN(C)Cc1ccc(C)o1. The van der Waals surface area contributed by atoms with Crippen LogP contribution in [0.4, 0.5) is 0 Å². The Hall–Kier alpha value is -1.29.